The van der Waals surface area contributed by atoms with Gasteiger partial charge in [-0.2, -0.15) is 13.2 Å². The van der Waals surface area contributed by atoms with Crippen molar-refractivity contribution >= 4 is 17.6 Å². The monoisotopic (exact) mass is 453 g/mol. The van der Waals surface area contributed by atoms with Crippen molar-refractivity contribution in [1.82, 2.24) is 4.90 Å². The van der Waals surface area contributed by atoms with Crippen LogP contribution in [0.25, 0.3) is 11.1 Å². The summed E-state index contributed by atoms with van der Waals surface area (Å²) in [5.41, 5.74) is 8.68. The Hall–Kier alpha value is -3.65. The number of carbonyl (C=O) groups is 2. The van der Waals surface area contributed by atoms with Crippen LogP contribution in [0.5, 0.6) is 0 Å². The minimum atomic E-state index is -4.39. The fraction of sp³-hybridized carbons (Fsp3) is 0.200. The number of rotatable bonds is 6. The Kier molecular flexibility index (Phi) is 6.20. The molecule has 8 heteroatoms. The second-order valence-electron chi connectivity index (χ2n) is 7.83. The van der Waals surface area contributed by atoms with Gasteiger partial charge in [0.1, 0.15) is 6.54 Å². The molecule has 0 bridgehead atoms. The van der Waals surface area contributed by atoms with Crippen LogP contribution in [-0.4, -0.2) is 29.9 Å². The third-order valence-electron chi connectivity index (χ3n) is 5.64. The minimum Gasteiger partial charge on any atom is -0.326 e. The van der Waals surface area contributed by atoms with Gasteiger partial charge < -0.3 is 10.6 Å². The molecule has 1 aliphatic heterocycles. The van der Waals surface area contributed by atoms with Gasteiger partial charge >= 0.3 is 12.2 Å². The number of alkyl halides is 3. The summed E-state index contributed by atoms with van der Waals surface area (Å²) in [5, 5.41) is 0. The lowest BCUT2D eigenvalue weighted by Gasteiger charge is -2.17. The minimum absolute atomic E-state index is 0.000370. The van der Waals surface area contributed by atoms with E-state index in [0.29, 0.717) is 36.3 Å². The molecule has 0 atom stereocenters. The first kappa shape index (κ1) is 22.5. The molecule has 5 nitrogen and oxygen atoms in total. The summed E-state index contributed by atoms with van der Waals surface area (Å²) in [4.78, 5) is 28.0. The number of halogens is 3. The first-order valence-corrected chi connectivity index (χ1v) is 10.4. The maximum atomic E-state index is 12.8. The van der Waals surface area contributed by atoms with Crippen molar-refractivity contribution in [2.24, 2.45) is 5.73 Å². The molecule has 3 aromatic carbocycles. The number of hydrogen-bond acceptors (Lipinski definition) is 3. The normalized spacial score (nSPS) is 14.3. The largest absolute Gasteiger partial charge is 0.416 e. The fourth-order valence-electron chi connectivity index (χ4n) is 3.74. The number of benzene rings is 3. The molecule has 33 heavy (non-hydrogen) atoms. The molecule has 1 heterocycles. The Bertz CT molecular complexity index is 1140. The number of anilines is 1. The van der Waals surface area contributed by atoms with Gasteiger partial charge in [-0.25, -0.2) is 9.69 Å². The second-order valence-corrected chi connectivity index (χ2v) is 7.83. The molecule has 0 spiro atoms. The van der Waals surface area contributed by atoms with Gasteiger partial charge in [-0.05, 0) is 52.9 Å². The van der Waals surface area contributed by atoms with E-state index < -0.39 is 11.7 Å². The van der Waals surface area contributed by atoms with Crippen molar-refractivity contribution < 1.29 is 22.8 Å². The smallest absolute Gasteiger partial charge is 0.326 e. The SMILES string of the molecule is NCc1ccc(CCN2CC(=O)N(c3ccc(-c4ccc(C(F)(F)F)cc4)cc3)C2=O)cc1. The molecule has 0 saturated carbocycles. The Morgan fingerprint density at radius 3 is 1.88 bits per heavy atom. The zero-order chi connectivity index (χ0) is 23.6. The molecule has 3 aromatic rings. The van der Waals surface area contributed by atoms with E-state index in [1.165, 1.54) is 17.0 Å². The number of urea groups is 1. The number of carbonyl (C=O) groups excluding carboxylic acids is 2. The average molecular weight is 453 g/mol. The van der Waals surface area contributed by atoms with Gasteiger partial charge in [0.25, 0.3) is 5.91 Å². The summed E-state index contributed by atoms with van der Waals surface area (Å²) in [6.07, 6.45) is -3.77. The van der Waals surface area contributed by atoms with Crippen molar-refractivity contribution in [2.75, 3.05) is 18.0 Å². The topological polar surface area (TPSA) is 66.6 Å². The second kappa shape index (κ2) is 9.07. The van der Waals surface area contributed by atoms with Crippen LogP contribution in [0.15, 0.2) is 72.8 Å². The fourth-order valence-corrected chi connectivity index (χ4v) is 3.74. The summed E-state index contributed by atoms with van der Waals surface area (Å²) in [5.74, 6) is -0.319. The highest BCUT2D eigenvalue weighted by atomic mass is 19.4. The number of imide groups is 1. The van der Waals surface area contributed by atoms with Crippen molar-refractivity contribution in [3.63, 3.8) is 0 Å². The first-order valence-electron chi connectivity index (χ1n) is 10.4. The van der Waals surface area contributed by atoms with E-state index in [-0.39, 0.29) is 18.5 Å². The van der Waals surface area contributed by atoms with Gasteiger partial charge in [0, 0.05) is 13.1 Å². The average Bonchev–Trinajstić information content (AvgIpc) is 3.10. The lowest BCUT2D eigenvalue weighted by atomic mass is 10.0. The lowest BCUT2D eigenvalue weighted by molar-refractivity contribution is -0.137. The number of amides is 3. The van der Waals surface area contributed by atoms with Gasteiger partial charge in [-0.15, -0.1) is 0 Å². The highest BCUT2D eigenvalue weighted by Crippen LogP contribution is 2.32. The molecule has 170 valence electrons. The molecular weight excluding hydrogens is 431 g/mol. The molecule has 0 unspecified atom stereocenters. The van der Waals surface area contributed by atoms with Crippen LogP contribution in [0, 0.1) is 0 Å². The van der Waals surface area contributed by atoms with Crippen LogP contribution in [0.4, 0.5) is 23.7 Å². The molecule has 3 amide bonds. The molecule has 4 rings (SSSR count). The quantitative estimate of drug-likeness (QED) is 0.543. The van der Waals surface area contributed by atoms with E-state index in [4.69, 9.17) is 5.73 Å². The molecular formula is C25H22F3N3O2. The Morgan fingerprint density at radius 2 is 1.33 bits per heavy atom. The molecule has 1 aliphatic rings. The Labute approximate surface area is 189 Å². The summed E-state index contributed by atoms with van der Waals surface area (Å²) in [6, 6.07) is 18.9. The third kappa shape index (κ3) is 4.90. The van der Waals surface area contributed by atoms with Crippen LogP contribution in [0.3, 0.4) is 0 Å². The highest BCUT2D eigenvalue weighted by molar-refractivity contribution is 6.19. The van der Waals surface area contributed by atoms with E-state index in [0.717, 1.165) is 28.2 Å². The zero-order valence-corrected chi connectivity index (χ0v) is 17.7. The van der Waals surface area contributed by atoms with Gasteiger partial charge in [0.15, 0.2) is 0 Å². The summed E-state index contributed by atoms with van der Waals surface area (Å²) >= 11 is 0. The van der Waals surface area contributed by atoms with Crippen molar-refractivity contribution in [3.05, 3.63) is 89.5 Å². The highest BCUT2D eigenvalue weighted by Gasteiger charge is 2.36. The molecule has 2 N–H and O–H groups in total. The predicted molar refractivity (Wildman–Crippen MR) is 119 cm³/mol. The van der Waals surface area contributed by atoms with Gasteiger partial charge in [-0.1, -0.05) is 48.5 Å². The van der Waals surface area contributed by atoms with E-state index in [9.17, 15) is 22.8 Å². The van der Waals surface area contributed by atoms with Crippen molar-refractivity contribution in [3.8, 4) is 11.1 Å². The zero-order valence-electron chi connectivity index (χ0n) is 17.7. The summed E-state index contributed by atoms with van der Waals surface area (Å²) < 4.78 is 38.3. The van der Waals surface area contributed by atoms with Crippen LogP contribution >= 0.6 is 0 Å². The molecule has 0 aromatic heterocycles. The van der Waals surface area contributed by atoms with E-state index in [1.807, 2.05) is 24.3 Å². The molecule has 0 aliphatic carbocycles. The van der Waals surface area contributed by atoms with E-state index >= 15 is 0 Å². The predicted octanol–water partition coefficient (Wildman–Crippen LogP) is 4.84. The summed E-state index contributed by atoms with van der Waals surface area (Å²) in [6.45, 7) is 0.874. The first-order chi connectivity index (χ1) is 15.8. The van der Waals surface area contributed by atoms with Gasteiger partial charge in [-0.3, -0.25) is 4.79 Å². The Balaban J connectivity index is 1.43. The van der Waals surface area contributed by atoms with Crippen LogP contribution in [0.1, 0.15) is 16.7 Å². The van der Waals surface area contributed by atoms with Gasteiger partial charge in [0.2, 0.25) is 0 Å². The lowest BCUT2D eigenvalue weighted by Crippen LogP contribution is -2.34. The molecule has 0 radical (unpaired) electrons. The Morgan fingerprint density at radius 1 is 0.788 bits per heavy atom. The van der Waals surface area contributed by atoms with Crippen LogP contribution in [-0.2, 0) is 23.9 Å². The number of hydrogen-bond donors (Lipinski definition) is 1. The van der Waals surface area contributed by atoms with Crippen molar-refractivity contribution in [1.29, 1.82) is 0 Å². The molecule has 1 saturated heterocycles. The van der Waals surface area contributed by atoms with Crippen LogP contribution in [0.2, 0.25) is 0 Å². The number of nitrogens with zero attached hydrogens (tertiary/aromatic N) is 2. The summed E-state index contributed by atoms with van der Waals surface area (Å²) in [7, 11) is 0. The molecule has 1 fully saturated rings. The van der Waals surface area contributed by atoms with E-state index in [2.05, 4.69) is 0 Å². The standard InChI is InChI=1S/C25H22F3N3O2/c26-25(27,28)21-9-5-19(6-10-21)20-7-11-22(12-8-20)31-23(32)16-30(24(31)33)14-13-17-1-3-18(15-29)4-2-17/h1-12H,13-16,29H2. The number of nitrogens with two attached hydrogens (primary N) is 1. The third-order valence-corrected chi connectivity index (χ3v) is 5.64. The van der Waals surface area contributed by atoms with Crippen LogP contribution < -0.4 is 10.6 Å². The maximum absolute atomic E-state index is 12.8. The van der Waals surface area contributed by atoms with E-state index in [1.54, 1.807) is 24.3 Å². The van der Waals surface area contributed by atoms with Gasteiger partial charge in [0.05, 0.1) is 11.3 Å². The van der Waals surface area contributed by atoms with Crippen molar-refractivity contribution in [2.45, 2.75) is 19.1 Å². The maximum Gasteiger partial charge on any atom is 0.416 e.